The molecule has 35 heavy (non-hydrogen) atoms. The van der Waals surface area contributed by atoms with Crippen LogP contribution in [0, 0.1) is 12.8 Å². The van der Waals surface area contributed by atoms with Crippen molar-refractivity contribution in [1.29, 1.82) is 0 Å². The van der Waals surface area contributed by atoms with Crippen molar-refractivity contribution in [3.63, 3.8) is 0 Å². The van der Waals surface area contributed by atoms with Gasteiger partial charge in [0.15, 0.2) is 16.7 Å². The van der Waals surface area contributed by atoms with Crippen molar-refractivity contribution in [2.75, 3.05) is 18.6 Å². The van der Waals surface area contributed by atoms with Crippen LogP contribution in [0.5, 0.6) is 5.75 Å². The molecule has 5 rings (SSSR count). The standard InChI is InChI=1S/C26H26N2O6S/c1-4-12-33-25(31)23-14(2)27-26(35-23)28-20(15-8-7-9-16(13-15)32-3)19-21(29)17-10-5-6-11-18(17)34-22(19)24(28)30/h4,7-9,13,17-18,20H,1,5-6,10-12H2,2-3H3. The summed E-state index contributed by atoms with van der Waals surface area (Å²) in [5, 5.41) is 0.305. The van der Waals surface area contributed by atoms with Crippen LogP contribution in [0.2, 0.25) is 0 Å². The van der Waals surface area contributed by atoms with Gasteiger partial charge < -0.3 is 14.2 Å². The number of thiazole rings is 1. The summed E-state index contributed by atoms with van der Waals surface area (Å²) in [4.78, 5) is 46.3. The Kier molecular flexibility index (Phi) is 6.19. The Hall–Kier alpha value is -3.46. The van der Waals surface area contributed by atoms with Gasteiger partial charge in [-0.25, -0.2) is 9.78 Å². The number of Topliss-reactive ketones (excluding diaryl/α,β-unsaturated/α-hetero) is 1. The number of hydrogen-bond donors (Lipinski definition) is 0. The van der Waals surface area contributed by atoms with Crippen molar-refractivity contribution in [2.45, 2.75) is 44.8 Å². The highest BCUT2D eigenvalue weighted by atomic mass is 32.1. The molecule has 3 unspecified atom stereocenters. The minimum atomic E-state index is -0.731. The molecule has 1 aromatic carbocycles. The van der Waals surface area contributed by atoms with Crippen LogP contribution in [0.15, 0.2) is 48.3 Å². The SMILES string of the molecule is C=CCOC(=O)c1sc(N2C(=O)C3=C(C(=O)C4CCCCC4O3)C2c2cccc(OC)c2)nc1C. The van der Waals surface area contributed by atoms with Crippen LogP contribution in [0.1, 0.15) is 52.7 Å². The van der Waals surface area contributed by atoms with E-state index in [0.717, 1.165) is 37.0 Å². The van der Waals surface area contributed by atoms with E-state index in [2.05, 4.69) is 11.6 Å². The Morgan fingerprint density at radius 1 is 1.31 bits per heavy atom. The summed E-state index contributed by atoms with van der Waals surface area (Å²) < 4.78 is 16.8. The molecule has 1 aliphatic carbocycles. The number of amides is 1. The van der Waals surface area contributed by atoms with Gasteiger partial charge in [0.2, 0.25) is 0 Å². The summed E-state index contributed by atoms with van der Waals surface area (Å²) in [6, 6.07) is 6.55. The molecule has 0 bridgehead atoms. The van der Waals surface area contributed by atoms with E-state index in [0.29, 0.717) is 32.6 Å². The minimum absolute atomic E-state index is 0.0430. The predicted octanol–water partition coefficient (Wildman–Crippen LogP) is 4.30. The van der Waals surface area contributed by atoms with Crippen molar-refractivity contribution in [3.05, 3.63) is 64.4 Å². The molecule has 3 atom stereocenters. The summed E-state index contributed by atoms with van der Waals surface area (Å²) in [5.41, 5.74) is 1.51. The van der Waals surface area contributed by atoms with Gasteiger partial charge in [-0.15, -0.1) is 0 Å². The van der Waals surface area contributed by atoms with E-state index < -0.39 is 17.9 Å². The fourth-order valence-corrected chi connectivity index (χ4v) is 6.03. The third-order valence-corrected chi connectivity index (χ3v) is 7.82. The molecule has 1 amide bonds. The molecule has 0 saturated heterocycles. The summed E-state index contributed by atoms with van der Waals surface area (Å²) in [6.07, 6.45) is 4.62. The molecule has 1 fully saturated rings. The number of methoxy groups -OCH3 is 1. The van der Waals surface area contributed by atoms with Gasteiger partial charge in [-0.3, -0.25) is 14.5 Å². The molecular weight excluding hydrogens is 468 g/mol. The molecule has 182 valence electrons. The second kappa shape index (κ2) is 9.30. The smallest absolute Gasteiger partial charge is 0.350 e. The van der Waals surface area contributed by atoms with Gasteiger partial charge in [-0.1, -0.05) is 42.5 Å². The average Bonchev–Trinajstić information content (AvgIpc) is 3.40. The van der Waals surface area contributed by atoms with Crippen LogP contribution in [-0.2, 0) is 19.1 Å². The summed E-state index contributed by atoms with van der Waals surface area (Å²) in [7, 11) is 1.56. The maximum absolute atomic E-state index is 13.8. The number of anilines is 1. The highest BCUT2D eigenvalue weighted by molar-refractivity contribution is 7.17. The number of ether oxygens (including phenoxy) is 3. The molecule has 1 saturated carbocycles. The lowest BCUT2D eigenvalue weighted by Crippen LogP contribution is -2.39. The molecule has 0 N–H and O–H groups in total. The monoisotopic (exact) mass is 494 g/mol. The minimum Gasteiger partial charge on any atom is -0.497 e. The van der Waals surface area contributed by atoms with Crippen LogP contribution < -0.4 is 9.64 Å². The number of rotatable bonds is 6. The number of carbonyl (C=O) groups excluding carboxylic acids is 3. The lowest BCUT2D eigenvalue weighted by atomic mass is 9.77. The van der Waals surface area contributed by atoms with E-state index in [9.17, 15) is 14.4 Å². The largest absolute Gasteiger partial charge is 0.497 e. The Bertz CT molecular complexity index is 1250. The van der Waals surface area contributed by atoms with Crippen LogP contribution >= 0.6 is 11.3 Å². The zero-order valence-electron chi connectivity index (χ0n) is 19.6. The molecule has 2 aromatic rings. The van der Waals surface area contributed by atoms with Gasteiger partial charge in [0.25, 0.3) is 5.91 Å². The first-order valence-electron chi connectivity index (χ1n) is 11.6. The maximum atomic E-state index is 13.8. The van der Waals surface area contributed by atoms with Crippen molar-refractivity contribution in [2.24, 2.45) is 5.92 Å². The van der Waals surface area contributed by atoms with E-state index in [4.69, 9.17) is 14.2 Å². The van der Waals surface area contributed by atoms with Crippen LogP contribution in [0.3, 0.4) is 0 Å². The predicted molar refractivity (Wildman–Crippen MR) is 129 cm³/mol. The van der Waals surface area contributed by atoms with Gasteiger partial charge in [0, 0.05) is 0 Å². The molecule has 0 radical (unpaired) electrons. The fraction of sp³-hybridized carbons (Fsp3) is 0.385. The highest BCUT2D eigenvalue weighted by Gasteiger charge is 2.53. The number of benzene rings is 1. The second-order valence-electron chi connectivity index (χ2n) is 8.81. The third-order valence-electron chi connectivity index (χ3n) is 6.68. The van der Waals surface area contributed by atoms with Gasteiger partial charge >= 0.3 is 5.97 Å². The summed E-state index contributed by atoms with van der Waals surface area (Å²) >= 11 is 1.06. The first-order valence-corrected chi connectivity index (χ1v) is 12.4. The van der Waals surface area contributed by atoms with E-state index in [1.807, 2.05) is 12.1 Å². The molecular formula is C26H26N2O6S. The lowest BCUT2D eigenvalue weighted by Gasteiger charge is -2.35. The average molecular weight is 495 g/mol. The number of fused-ring (bicyclic) bond motifs is 1. The maximum Gasteiger partial charge on any atom is 0.350 e. The molecule has 0 spiro atoms. The fourth-order valence-electron chi connectivity index (χ4n) is 5.04. The Labute approximate surface area is 207 Å². The molecule has 3 aliphatic rings. The molecule has 8 nitrogen and oxygen atoms in total. The Morgan fingerprint density at radius 2 is 2.11 bits per heavy atom. The van der Waals surface area contributed by atoms with E-state index in [1.165, 1.54) is 11.0 Å². The molecule has 3 heterocycles. The number of hydrogen-bond acceptors (Lipinski definition) is 8. The third kappa shape index (κ3) is 3.93. The lowest BCUT2D eigenvalue weighted by molar-refractivity contribution is -0.131. The first-order chi connectivity index (χ1) is 16.9. The highest BCUT2D eigenvalue weighted by Crippen LogP contribution is 2.49. The van der Waals surface area contributed by atoms with E-state index >= 15 is 0 Å². The topological polar surface area (TPSA) is 95.0 Å². The van der Waals surface area contributed by atoms with Crippen LogP contribution in [0.25, 0.3) is 0 Å². The molecule has 2 aliphatic heterocycles. The number of aryl methyl sites for hydroxylation is 1. The van der Waals surface area contributed by atoms with Crippen molar-refractivity contribution < 1.29 is 28.6 Å². The Morgan fingerprint density at radius 3 is 2.89 bits per heavy atom. The normalized spacial score (nSPS) is 23.5. The summed E-state index contributed by atoms with van der Waals surface area (Å²) in [5.74, 6) is -0.566. The Balaban J connectivity index is 1.61. The quantitative estimate of drug-likeness (QED) is 0.436. The van der Waals surface area contributed by atoms with E-state index in [-0.39, 0.29) is 30.2 Å². The summed E-state index contributed by atoms with van der Waals surface area (Å²) in [6.45, 7) is 5.32. The molecule has 1 aromatic heterocycles. The van der Waals surface area contributed by atoms with Gasteiger partial charge in [0.05, 0.1) is 30.3 Å². The number of ketones is 1. The zero-order valence-corrected chi connectivity index (χ0v) is 20.4. The zero-order chi connectivity index (χ0) is 24.7. The molecule has 9 heteroatoms. The van der Waals surface area contributed by atoms with Crippen molar-refractivity contribution in [3.8, 4) is 5.75 Å². The van der Waals surface area contributed by atoms with Gasteiger partial charge in [0.1, 0.15) is 23.3 Å². The van der Waals surface area contributed by atoms with Gasteiger partial charge in [-0.05, 0) is 43.9 Å². The number of carbonyl (C=O) groups is 3. The van der Waals surface area contributed by atoms with Crippen LogP contribution in [0.4, 0.5) is 5.13 Å². The number of aromatic nitrogens is 1. The first kappa shape index (κ1) is 23.3. The van der Waals surface area contributed by atoms with E-state index in [1.54, 1.807) is 26.2 Å². The van der Waals surface area contributed by atoms with Crippen LogP contribution in [-0.4, -0.2) is 42.5 Å². The van der Waals surface area contributed by atoms with Gasteiger partial charge in [-0.2, -0.15) is 0 Å². The van der Waals surface area contributed by atoms with Crippen molar-refractivity contribution in [1.82, 2.24) is 4.98 Å². The van der Waals surface area contributed by atoms with Crippen molar-refractivity contribution >= 4 is 34.1 Å². The second-order valence-corrected chi connectivity index (χ2v) is 9.78. The number of nitrogens with zero attached hydrogens (tertiary/aromatic N) is 2. The number of esters is 1.